The molecule has 0 aliphatic heterocycles. The molecule has 0 amide bonds. The van der Waals surface area contributed by atoms with E-state index in [0.29, 0.717) is 5.39 Å². The summed E-state index contributed by atoms with van der Waals surface area (Å²) in [4.78, 5) is 51.9. The van der Waals surface area contributed by atoms with Crippen LogP contribution < -0.4 is 21.7 Å². The molecule has 0 saturated heterocycles. The molecule has 0 aliphatic rings. The van der Waals surface area contributed by atoms with Crippen molar-refractivity contribution in [1.29, 1.82) is 0 Å². The minimum atomic E-state index is -0.478. The van der Waals surface area contributed by atoms with Gasteiger partial charge in [-0.15, -0.1) is 11.3 Å². The molecule has 0 saturated carbocycles. The Morgan fingerprint density at radius 1 is 0.667 bits per heavy atom. The van der Waals surface area contributed by atoms with Gasteiger partial charge in [0.15, 0.2) is 10.9 Å². The molecule has 5 rings (SSSR count). The van der Waals surface area contributed by atoms with Crippen LogP contribution in [0.4, 0.5) is 0 Å². The maximum atomic E-state index is 13.1. The smallest absolute Gasteiger partial charge is 0.204 e. The molecule has 0 fully saturated rings. The molecule has 0 unspecified atom stereocenters. The number of aromatic hydroxyl groups is 1. The third-order valence-electron chi connectivity index (χ3n) is 4.93. The topological polar surface area (TPSA) is 88.5 Å². The maximum Gasteiger partial charge on any atom is 0.204 e. The third kappa shape index (κ3) is 1.93. The fraction of sp³-hybridized carbons (Fsp3) is 0.0476. The molecule has 1 N–H and O–H groups in total. The molecule has 1 heterocycles. The average molecular weight is 374 g/mol. The Morgan fingerprint density at radius 3 is 1.78 bits per heavy atom. The van der Waals surface area contributed by atoms with E-state index in [-0.39, 0.29) is 47.5 Å². The van der Waals surface area contributed by atoms with Gasteiger partial charge in [0.05, 0.1) is 20.2 Å². The number of hydrogen-bond acceptors (Lipinski definition) is 6. The zero-order chi connectivity index (χ0) is 19.0. The van der Waals surface area contributed by atoms with Gasteiger partial charge in [0.25, 0.3) is 0 Å². The monoisotopic (exact) mass is 374 g/mol. The lowest BCUT2D eigenvalue weighted by molar-refractivity contribution is 0.476. The first kappa shape index (κ1) is 15.8. The Labute approximate surface area is 154 Å². The molecule has 0 atom stereocenters. The lowest BCUT2D eigenvalue weighted by Gasteiger charge is -2.00. The van der Waals surface area contributed by atoms with E-state index in [4.69, 9.17) is 0 Å². The molecule has 0 radical (unpaired) electrons. The minimum absolute atomic E-state index is 0.00256. The zero-order valence-corrected chi connectivity index (χ0v) is 14.8. The predicted molar refractivity (Wildman–Crippen MR) is 108 cm³/mol. The Kier molecular flexibility index (Phi) is 2.98. The van der Waals surface area contributed by atoms with Crippen molar-refractivity contribution < 1.29 is 5.11 Å². The Balaban J connectivity index is 2.20. The summed E-state index contributed by atoms with van der Waals surface area (Å²) in [5.74, 6) is -0.130. The van der Waals surface area contributed by atoms with Crippen molar-refractivity contribution in [2.75, 3.05) is 0 Å². The first-order valence-electron chi connectivity index (χ1n) is 8.17. The summed E-state index contributed by atoms with van der Waals surface area (Å²) in [6, 6.07) is 8.88. The molecule has 6 heteroatoms. The summed E-state index contributed by atoms with van der Waals surface area (Å²) in [7, 11) is 0. The van der Waals surface area contributed by atoms with E-state index >= 15 is 0 Å². The number of hydrogen-bond donors (Lipinski definition) is 1. The number of phenolic OH excluding ortho intramolecular Hbond substituents is 1. The lowest BCUT2D eigenvalue weighted by atomic mass is 10.0. The molecule has 5 aromatic rings. The lowest BCUT2D eigenvalue weighted by Crippen LogP contribution is -2.15. The highest BCUT2D eigenvalue weighted by Crippen LogP contribution is 2.29. The number of aryl methyl sites for hydroxylation is 1. The molecule has 0 spiro atoms. The van der Waals surface area contributed by atoms with Crippen LogP contribution in [0.3, 0.4) is 0 Å². The molecule has 0 aliphatic carbocycles. The van der Waals surface area contributed by atoms with E-state index in [1.807, 2.05) is 6.92 Å². The van der Waals surface area contributed by atoms with Crippen LogP contribution in [0.25, 0.3) is 41.7 Å². The molecule has 0 bridgehead atoms. The van der Waals surface area contributed by atoms with E-state index in [1.54, 1.807) is 18.2 Å². The van der Waals surface area contributed by atoms with Crippen LogP contribution in [0, 0.1) is 6.92 Å². The van der Waals surface area contributed by atoms with E-state index < -0.39 is 16.3 Å². The van der Waals surface area contributed by atoms with Crippen LogP contribution in [0.15, 0.2) is 55.6 Å². The van der Waals surface area contributed by atoms with Crippen LogP contribution in [-0.4, -0.2) is 5.11 Å². The second-order valence-corrected chi connectivity index (χ2v) is 7.63. The SMILES string of the molecule is Cc1ccc2c(=O)c3c(sc4c(=O)c5cc(O)ccc5c(=O)c43)c(=O)c2c1. The molecule has 4 aromatic carbocycles. The first-order valence-corrected chi connectivity index (χ1v) is 8.99. The van der Waals surface area contributed by atoms with E-state index in [9.17, 15) is 24.3 Å². The van der Waals surface area contributed by atoms with E-state index in [0.717, 1.165) is 16.9 Å². The Hall–Kier alpha value is -3.38. The van der Waals surface area contributed by atoms with Gasteiger partial charge in [0, 0.05) is 21.5 Å². The molecule has 1 aromatic heterocycles. The summed E-state index contributed by atoms with van der Waals surface area (Å²) in [6.45, 7) is 1.82. The van der Waals surface area contributed by atoms with Crippen molar-refractivity contribution in [2.45, 2.75) is 6.92 Å². The van der Waals surface area contributed by atoms with Gasteiger partial charge in [-0.3, -0.25) is 19.2 Å². The normalized spacial score (nSPS) is 11.9. The fourth-order valence-electron chi connectivity index (χ4n) is 3.66. The summed E-state index contributed by atoms with van der Waals surface area (Å²) >= 11 is 0.878. The van der Waals surface area contributed by atoms with Gasteiger partial charge in [-0.2, -0.15) is 0 Å². The molecular weight excluding hydrogens is 364 g/mol. The summed E-state index contributed by atoms with van der Waals surface area (Å²) in [5.41, 5.74) is -0.866. The van der Waals surface area contributed by atoms with Crippen LogP contribution in [-0.2, 0) is 0 Å². The highest BCUT2D eigenvalue weighted by molar-refractivity contribution is 7.25. The quantitative estimate of drug-likeness (QED) is 0.450. The van der Waals surface area contributed by atoms with Crippen LogP contribution in [0.5, 0.6) is 5.75 Å². The minimum Gasteiger partial charge on any atom is -0.508 e. The van der Waals surface area contributed by atoms with Crippen molar-refractivity contribution in [3.05, 3.63) is 82.9 Å². The van der Waals surface area contributed by atoms with Gasteiger partial charge in [0.2, 0.25) is 10.9 Å². The number of benzene rings is 4. The Bertz CT molecular complexity index is 1540. The number of fused-ring (bicyclic) bond motifs is 5. The molecule has 27 heavy (non-hydrogen) atoms. The average Bonchev–Trinajstić information content (AvgIpc) is 3.05. The van der Waals surface area contributed by atoms with Crippen molar-refractivity contribution in [3.8, 4) is 5.75 Å². The van der Waals surface area contributed by atoms with Gasteiger partial charge in [-0.05, 0) is 31.2 Å². The molecule has 5 nitrogen and oxygen atoms in total. The third-order valence-corrected chi connectivity index (χ3v) is 6.12. The van der Waals surface area contributed by atoms with Gasteiger partial charge < -0.3 is 5.11 Å². The van der Waals surface area contributed by atoms with E-state index in [2.05, 4.69) is 0 Å². The zero-order valence-electron chi connectivity index (χ0n) is 14.0. The fourth-order valence-corrected chi connectivity index (χ4v) is 4.86. The second-order valence-electron chi connectivity index (χ2n) is 6.61. The van der Waals surface area contributed by atoms with Gasteiger partial charge in [0.1, 0.15) is 5.75 Å². The molecular formula is C21H10O5S. The van der Waals surface area contributed by atoms with Gasteiger partial charge >= 0.3 is 0 Å². The van der Waals surface area contributed by atoms with Gasteiger partial charge in [-0.1, -0.05) is 17.7 Å². The summed E-state index contributed by atoms with van der Waals surface area (Å²) in [6.07, 6.45) is 0. The van der Waals surface area contributed by atoms with Crippen LogP contribution in [0.1, 0.15) is 5.56 Å². The van der Waals surface area contributed by atoms with Crippen molar-refractivity contribution in [3.63, 3.8) is 0 Å². The van der Waals surface area contributed by atoms with E-state index in [1.165, 1.54) is 18.2 Å². The number of rotatable bonds is 0. The predicted octanol–water partition coefficient (Wildman–Crippen LogP) is 2.69. The van der Waals surface area contributed by atoms with Crippen molar-refractivity contribution in [1.82, 2.24) is 0 Å². The number of phenols is 1. The second kappa shape index (κ2) is 5.08. The number of thiophene rings is 1. The standard InChI is InChI=1S/C21H10O5S/c1-8-2-4-10-12(6-8)18(25)20-14(16(10)23)15-17(24)11-5-3-9(22)7-13(11)19(26)21(15)27-20/h2-7,22H,1H3. The maximum absolute atomic E-state index is 13.1. The Morgan fingerprint density at radius 2 is 1.19 bits per heavy atom. The first-order chi connectivity index (χ1) is 12.9. The highest BCUT2D eigenvalue weighted by atomic mass is 32.1. The van der Waals surface area contributed by atoms with Crippen LogP contribution in [0.2, 0.25) is 0 Å². The van der Waals surface area contributed by atoms with Crippen LogP contribution >= 0.6 is 11.3 Å². The summed E-state index contributed by atoms with van der Waals surface area (Å²) < 4.78 is 0.205. The van der Waals surface area contributed by atoms with Gasteiger partial charge in [-0.25, -0.2) is 0 Å². The largest absolute Gasteiger partial charge is 0.508 e. The van der Waals surface area contributed by atoms with Crippen molar-refractivity contribution in [2.24, 2.45) is 0 Å². The summed E-state index contributed by atoms with van der Waals surface area (Å²) in [5, 5.41) is 10.4. The molecule has 130 valence electrons. The van der Waals surface area contributed by atoms with Crippen molar-refractivity contribution >= 4 is 53.1 Å². The highest BCUT2D eigenvalue weighted by Gasteiger charge is 2.22.